The Hall–Kier alpha value is -3.63. The van der Waals surface area contributed by atoms with E-state index in [4.69, 9.17) is 20.5 Å². The quantitative estimate of drug-likeness (QED) is 0.450. The number of rotatable bonds is 7. The summed E-state index contributed by atoms with van der Waals surface area (Å²) in [5.74, 6) is -2.38. The van der Waals surface area contributed by atoms with Crippen LogP contribution in [0.4, 0.5) is 0 Å². The van der Waals surface area contributed by atoms with Crippen molar-refractivity contribution in [1.29, 1.82) is 0 Å². The van der Waals surface area contributed by atoms with Crippen molar-refractivity contribution < 1.29 is 36.8 Å². The van der Waals surface area contributed by atoms with Crippen LogP contribution in [0.15, 0.2) is 63.8 Å². The minimum Gasteiger partial charge on any atom is -0.493 e. The zero-order chi connectivity index (χ0) is 28.8. The Morgan fingerprint density at radius 3 is 2.10 bits per heavy atom. The maximum Gasteiger partial charge on any atom is 0.339 e. The lowest BCUT2D eigenvalue weighted by atomic mass is 9.71. The van der Waals surface area contributed by atoms with Crippen molar-refractivity contribution in [1.82, 2.24) is 4.90 Å². The maximum absolute atomic E-state index is 13.4. The summed E-state index contributed by atoms with van der Waals surface area (Å²) in [5, 5.41) is 9.56. The molecule has 40 heavy (non-hydrogen) atoms. The molecule has 0 saturated heterocycles. The van der Waals surface area contributed by atoms with Gasteiger partial charge in [0.1, 0.15) is 11.4 Å². The molecule has 0 saturated carbocycles. The lowest BCUT2D eigenvalue weighted by molar-refractivity contribution is -0.138. The van der Waals surface area contributed by atoms with Crippen molar-refractivity contribution in [2.24, 2.45) is 0 Å². The van der Waals surface area contributed by atoms with Gasteiger partial charge < -0.3 is 18.9 Å². The number of aliphatic carboxylic acids is 1. The molecule has 0 spiro atoms. The van der Waals surface area contributed by atoms with Gasteiger partial charge >= 0.3 is 16.1 Å². The van der Waals surface area contributed by atoms with Crippen molar-refractivity contribution in [2.45, 2.75) is 56.3 Å². The molecule has 2 aromatic carbocycles. The van der Waals surface area contributed by atoms with Gasteiger partial charge in [-0.05, 0) is 62.4 Å². The van der Waals surface area contributed by atoms with Gasteiger partial charge in [-0.2, -0.15) is 8.42 Å². The summed E-state index contributed by atoms with van der Waals surface area (Å²) < 4.78 is 36.9. The number of halogens is 1. The van der Waals surface area contributed by atoms with E-state index in [0.29, 0.717) is 53.8 Å². The fraction of sp³-hybridized carbons (Fsp3) is 0.345. The van der Waals surface area contributed by atoms with Gasteiger partial charge in [0.25, 0.3) is 0 Å². The summed E-state index contributed by atoms with van der Waals surface area (Å²) in [6, 6.07) is 9.16. The van der Waals surface area contributed by atoms with Gasteiger partial charge in [0.2, 0.25) is 5.75 Å². The van der Waals surface area contributed by atoms with E-state index in [2.05, 4.69) is 0 Å². The SMILES string of the molecule is COc1cc(C2C3=C(CCCC3=O)N(CC(=O)O)C3=C2C(=O)CCC3)cc(Cl)c1OS(=O)(=O)c1ccc(C)cc1. The number of carbonyl (C=O) groups excluding carboxylic acids is 2. The summed E-state index contributed by atoms with van der Waals surface area (Å²) in [7, 11) is -2.91. The number of hydrogen-bond acceptors (Lipinski definition) is 8. The van der Waals surface area contributed by atoms with Crippen LogP contribution in [0.2, 0.25) is 5.02 Å². The largest absolute Gasteiger partial charge is 0.493 e. The maximum atomic E-state index is 13.4. The monoisotopic (exact) mass is 585 g/mol. The van der Waals surface area contributed by atoms with Gasteiger partial charge in [-0.15, -0.1) is 0 Å². The normalized spacial score (nSPS) is 18.0. The lowest BCUT2D eigenvalue weighted by Gasteiger charge is -2.43. The first-order valence-electron chi connectivity index (χ1n) is 12.9. The standard InChI is InChI=1S/C29H28ClNO8S/c1-16-9-11-18(12-10-16)40(36,37)39-29-19(30)13-17(14-24(29)38-2)26-27-20(5-3-7-22(27)32)31(15-25(34)35)21-6-4-8-23(33)28(21)26/h9-14,26H,3-8,15H2,1-2H3,(H,34,35). The molecule has 11 heteroatoms. The number of aryl methyl sites for hydroxylation is 1. The summed E-state index contributed by atoms with van der Waals surface area (Å²) in [5.41, 5.74) is 3.30. The molecular weight excluding hydrogens is 558 g/mol. The molecule has 5 rings (SSSR count). The highest BCUT2D eigenvalue weighted by atomic mass is 35.5. The Labute approximate surface area is 237 Å². The number of allylic oxidation sites excluding steroid dienone is 4. The average Bonchev–Trinajstić information content (AvgIpc) is 2.90. The lowest BCUT2D eigenvalue weighted by Crippen LogP contribution is -2.41. The van der Waals surface area contributed by atoms with Crippen LogP contribution in [0.25, 0.3) is 0 Å². The molecule has 0 radical (unpaired) electrons. The Bertz CT molecular complexity index is 1550. The third kappa shape index (κ3) is 5.01. The Morgan fingerprint density at radius 2 is 1.57 bits per heavy atom. The number of nitrogens with zero attached hydrogens (tertiary/aromatic N) is 1. The molecule has 9 nitrogen and oxygen atoms in total. The van der Waals surface area contributed by atoms with Crippen LogP contribution < -0.4 is 8.92 Å². The minimum absolute atomic E-state index is 0.0157. The average molecular weight is 586 g/mol. The molecule has 210 valence electrons. The van der Waals surface area contributed by atoms with Crippen LogP contribution in [0, 0.1) is 6.92 Å². The molecule has 1 aliphatic heterocycles. The molecular formula is C29H28ClNO8S. The summed E-state index contributed by atoms with van der Waals surface area (Å²) in [6.45, 7) is 1.48. The first kappa shape index (κ1) is 27.9. The first-order chi connectivity index (χ1) is 19.0. The molecule has 0 unspecified atom stereocenters. The van der Waals surface area contributed by atoms with E-state index in [1.54, 1.807) is 17.0 Å². The second-order valence-electron chi connectivity index (χ2n) is 10.1. The van der Waals surface area contributed by atoms with E-state index in [1.807, 2.05) is 6.92 Å². The highest BCUT2D eigenvalue weighted by molar-refractivity contribution is 7.87. The summed E-state index contributed by atoms with van der Waals surface area (Å²) in [6.07, 6.45) is 2.69. The van der Waals surface area contributed by atoms with Crippen LogP contribution in [0.5, 0.6) is 11.5 Å². The topological polar surface area (TPSA) is 127 Å². The second-order valence-corrected chi connectivity index (χ2v) is 12.0. The van der Waals surface area contributed by atoms with E-state index in [0.717, 1.165) is 5.56 Å². The molecule has 0 aromatic heterocycles. The fourth-order valence-electron chi connectivity index (χ4n) is 5.73. The van der Waals surface area contributed by atoms with E-state index in [-0.39, 0.29) is 52.4 Å². The number of hydrogen-bond donors (Lipinski definition) is 1. The van der Waals surface area contributed by atoms with E-state index in [1.165, 1.54) is 31.4 Å². The van der Waals surface area contributed by atoms with E-state index in [9.17, 15) is 27.9 Å². The fourth-order valence-corrected chi connectivity index (χ4v) is 6.99. The minimum atomic E-state index is -4.25. The third-order valence-electron chi connectivity index (χ3n) is 7.47. The van der Waals surface area contributed by atoms with Crippen LogP contribution in [0.3, 0.4) is 0 Å². The van der Waals surface area contributed by atoms with E-state index >= 15 is 0 Å². The molecule has 0 amide bonds. The number of methoxy groups -OCH3 is 1. The molecule has 2 aromatic rings. The van der Waals surface area contributed by atoms with Gasteiger partial charge in [-0.3, -0.25) is 14.4 Å². The number of Topliss-reactive ketones (excluding diaryl/α,β-unsaturated/α-hetero) is 2. The van der Waals surface area contributed by atoms with Gasteiger partial charge in [0.05, 0.1) is 12.1 Å². The van der Waals surface area contributed by atoms with Crippen LogP contribution >= 0.6 is 11.6 Å². The Balaban J connectivity index is 1.65. The number of ether oxygens (including phenoxy) is 1. The van der Waals surface area contributed by atoms with Crippen LogP contribution in [0.1, 0.15) is 55.6 Å². The zero-order valence-electron chi connectivity index (χ0n) is 22.0. The smallest absolute Gasteiger partial charge is 0.339 e. The highest BCUT2D eigenvalue weighted by Gasteiger charge is 2.44. The molecule has 1 heterocycles. The van der Waals surface area contributed by atoms with Crippen LogP contribution in [-0.2, 0) is 24.5 Å². The number of carbonyl (C=O) groups is 3. The Morgan fingerprint density at radius 1 is 1.00 bits per heavy atom. The van der Waals surface area contributed by atoms with Crippen molar-refractivity contribution in [3.05, 3.63) is 75.1 Å². The Kier molecular flexibility index (Phi) is 7.50. The van der Waals surface area contributed by atoms with Crippen LogP contribution in [-0.4, -0.2) is 49.6 Å². The number of carboxylic acids is 1. The number of carboxylic acid groups (broad SMARTS) is 1. The molecule has 1 N–H and O–H groups in total. The van der Waals surface area contributed by atoms with Gasteiger partial charge in [0, 0.05) is 41.3 Å². The predicted octanol–water partition coefficient (Wildman–Crippen LogP) is 4.92. The van der Waals surface area contributed by atoms with E-state index < -0.39 is 22.0 Å². The van der Waals surface area contributed by atoms with Gasteiger partial charge in [0.15, 0.2) is 17.3 Å². The van der Waals surface area contributed by atoms with Gasteiger partial charge in [-0.25, -0.2) is 0 Å². The van der Waals surface area contributed by atoms with Crippen molar-refractivity contribution >= 4 is 39.3 Å². The van der Waals surface area contributed by atoms with Crippen molar-refractivity contribution in [2.75, 3.05) is 13.7 Å². The summed E-state index contributed by atoms with van der Waals surface area (Å²) in [4.78, 5) is 40.1. The third-order valence-corrected chi connectivity index (χ3v) is 8.98. The molecule has 0 atom stereocenters. The van der Waals surface area contributed by atoms with Gasteiger partial charge in [-0.1, -0.05) is 29.3 Å². The number of ketones is 2. The molecule has 2 aliphatic carbocycles. The van der Waals surface area contributed by atoms with Crippen molar-refractivity contribution in [3.8, 4) is 11.5 Å². The predicted molar refractivity (Wildman–Crippen MR) is 146 cm³/mol. The number of benzene rings is 2. The zero-order valence-corrected chi connectivity index (χ0v) is 23.6. The highest BCUT2D eigenvalue weighted by Crippen LogP contribution is 2.51. The second kappa shape index (κ2) is 10.7. The first-order valence-corrected chi connectivity index (χ1v) is 14.7. The molecule has 0 fully saturated rings. The molecule has 3 aliphatic rings. The van der Waals surface area contributed by atoms with Crippen molar-refractivity contribution in [3.63, 3.8) is 0 Å². The molecule has 0 bridgehead atoms. The summed E-state index contributed by atoms with van der Waals surface area (Å²) >= 11 is 6.61.